The van der Waals surface area contributed by atoms with Gasteiger partial charge < -0.3 is 0 Å². The zero-order chi connectivity index (χ0) is 8.48. The smallest absolute Gasteiger partial charge is 0.292 e. The number of hydrogen-bond acceptors (Lipinski definition) is 4. The molecule has 2 N–H and O–H groups in total. The molecule has 8 heteroatoms. The van der Waals surface area contributed by atoms with Crippen molar-refractivity contribution >= 4 is 19.7 Å². The average Bonchev–Trinajstić information content (AvgIpc) is 2.10. The SMILES string of the molecule is O=c1[nH]nc(CS(=O)(=O)Cl)[nH]1. The predicted octanol–water partition coefficient (Wildman–Crippen LogP) is -0.833. The van der Waals surface area contributed by atoms with Crippen LogP contribution in [0.15, 0.2) is 4.79 Å². The third kappa shape index (κ3) is 2.72. The number of H-pyrrole nitrogens is 2. The lowest BCUT2D eigenvalue weighted by Crippen LogP contribution is -2.02. The van der Waals surface area contributed by atoms with Crippen molar-refractivity contribution in [1.29, 1.82) is 0 Å². The number of nitrogens with one attached hydrogen (secondary N) is 2. The van der Waals surface area contributed by atoms with E-state index < -0.39 is 20.5 Å². The third-order valence-corrected chi connectivity index (χ3v) is 1.80. The molecule has 1 rings (SSSR count). The Bertz CT molecular complexity index is 390. The highest BCUT2D eigenvalue weighted by Crippen LogP contribution is 2.01. The number of halogens is 1. The molecular weight excluding hydrogens is 194 g/mol. The van der Waals surface area contributed by atoms with Crippen LogP contribution in [0.1, 0.15) is 5.82 Å². The molecule has 0 aliphatic heterocycles. The molecular formula is C3H4ClN3O3S. The second-order valence-electron chi connectivity index (χ2n) is 1.81. The summed E-state index contributed by atoms with van der Waals surface area (Å²) < 4.78 is 20.8. The van der Waals surface area contributed by atoms with Crippen molar-refractivity contribution in [2.24, 2.45) is 0 Å². The summed E-state index contributed by atoms with van der Waals surface area (Å²) in [5, 5.41) is 5.35. The first kappa shape index (κ1) is 8.28. The molecule has 0 aromatic carbocycles. The van der Waals surface area contributed by atoms with Gasteiger partial charge in [0, 0.05) is 10.7 Å². The van der Waals surface area contributed by atoms with Gasteiger partial charge in [0.05, 0.1) is 0 Å². The van der Waals surface area contributed by atoms with Gasteiger partial charge >= 0.3 is 5.69 Å². The van der Waals surface area contributed by atoms with Gasteiger partial charge in [0.2, 0.25) is 9.05 Å². The van der Waals surface area contributed by atoms with E-state index in [0.717, 1.165) is 0 Å². The van der Waals surface area contributed by atoms with Crippen LogP contribution in [0.4, 0.5) is 0 Å². The second-order valence-corrected chi connectivity index (χ2v) is 4.58. The van der Waals surface area contributed by atoms with Crippen molar-refractivity contribution in [2.75, 3.05) is 0 Å². The van der Waals surface area contributed by atoms with Gasteiger partial charge in [-0.3, -0.25) is 4.98 Å². The molecule has 0 spiro atoms. The Kier molecular flexibility index (Phi) is 2.01. The monoisotopic (exact) mass is 197 g/mol. The van der Waals surface area contributed by atoms with E-state index in [1.54, 1.807) is 0 Å². The van der Waals surface area contributed by atoms with Gasteiger partial charge in [-0.05, 0) is 0 Å². The van der Waals surface area contributed by atoms with Gasteiger partial charge in [0.1, 0.15) is 11.6 Å². The summed E-state index contributed by atoms with van der Waals surface area (Å²) in [6, 6.07) is 0. The van der Waals surface area contributed by atoms with Gasteiger partial charge in [-0.25, -0.2) is 18.3 Å². The van der Waals surface area contributed by atoms with E-state index in [0.29, 0.717) is 0 Å². The molecule has 0 aliphatic rings. The van der Waals surface area contributed by atoms with E-state index in [-0.39, 0.29) is 5.82 Å². The molecule has 0 atom stereocenters. The molecule has 0 radical (unpaired) electrons. The fourth-order valence-electron chi connectivity index (χ4n) is 0.537. The molecule has 11 heavy (non-hydrogen) atoms. The van der Waals surface area contributed by atoms with Gasteiger partial charge in [-0.15, -0.1) is 0 Å². The van der Waals surface area contributed by atoms with Gasteiger partial charge in [0.25, 0.3) is 0 Å². The number of nitrogens with zero attached hydrogens (tertiary/aromatic N) is 1. The first-order valence-corrected chi connectivity index (χ1v) is 5.01. The number of hydrogen-bond donors (Lipinski definition) is 2. The minimum atomic E-state index is -3.64. The quantitative estimate of drug-likeness (QED) is 0.605. The Balaban J connectivity index is 2.90. The van der Waals surface area contributed by atoms with Crippen LogP contribution in [0.5, 0.6) is 0 Å². The van der Waals surface area contributed by atoms with Crippen molar-refractivity contribution in [1.82, 2.24) is 15.2 Å². The first-order chi connectivity index (χ1) is 4.97. The van der Waals surface area contributed by atoms with Crippen molar-refractivity contribution in [3.05, 3.63) is 16.3 Å². The molecule has 0 bridgehead atoms. The van der Waals surface area contributed by atoms with Gasteiger partial charge in [-0.2, -0.15) is 5.10 Å². The molecule has 1 heterocycles. The standard InChI is InChI=1S/C3H4ClN3O3S/c4-11(9,10)1-2-5-3(8)7-6-2/h1H2,(H2,5,6,7,8). The van der Waals surface area contributed by atoms with E-state index in [1.807, 2.05) is 5.10 Å². The van der Waals surface area contributed by atoms with Crippen LogP contribution in [0.25, 0.3) is 0 Å². The molecule has 1 aromatic rings. The lowest BCUT2D eigenvalue weighted by Gasteiger charge is -1.86. The van der Waals surface area contributed by atoms with Crippen molar-refractivity contribution in [3.63, 3.8) is 0 Å². The van der Waals surface area contributed by atoms with Crippen LogP contribution in [0, 0.1) is 0 Å². The predicted molar refractivity (Wildman–Crippen MR) is 37.7 cm³/mol. The fourth-order valence-corrected chi connectivity index (χ4v) is 1.31. The van der Waals surface area contributed by atoms with E-state index >= 15 is 0 Å². The fraction of sp³-hybridized carbons (Fsp3) is 0.333. The van der Waals surface area contributed by atoms with Gasteiger partial charge in [0.15, 0.2) is 0 Å². The van der Waals surface area contributed by atoms with Crippen LogP contribution >= 0.6 is 10.7 Å². The maximum atomic E-state index is 10.4. The van der Waals surface area contributed by atoms with Crippen molar-refractivity contribution in [3.8, 4) is 0 Å². The molecule has 0 fully saturated rings. The molecule has 0 saturated heterocycles. The maximum Gasteiger partial charge on any atom is 0.340 e. The second kappa shape index (κ2) is 2.67. The topological polar surface area (TPSA) is 95.7 Å². The number of aromatic amines is 2. The molecule has 0 amide bonds. The molecule has 0 saturated carbocycles. The Labute approximate surface area is 66.0 Å². The van der Waals surface area contributed by atoms with E-state index in [1.165, 1.54) is 0 Å². The summed E-state index contributed by atoms with van der Waals surface area (Å²) >= 11 is 0. The Hall–Kier alpha value is -0.820. The Morgan fingerprint density at radius 2 is 2.18 bits per heavy atom. The summed E-state index contributed by atoms with van der Waals surface area (Å²) in [5.74, 6) is -0.474. The first-order valence-electron chi connectivity index (χ1n) is 2.53. The minimum Gasteiger partial charge on any atom is -0.292 e. The molecule has 1 aromatic heterocycles. The van der Waals surface area contributed by atoms with E-state index in [2.05, 4.69) is 10.1 Å². The van der Waals surface area contributed by atoms with E-state index in [9.17, 15) is 13.2 Å². The maximum absolute atomic E-state index is 10.4. The number of rotatable bonds is 2. The third-order valence-electron chi connectivity index (χ3n) is 0.859. The largest absolute Gasteiger partial charge is 0.340 e. The highest BCUT2D eigenvalue weighted by molar-refractivity contribution is 8.13. The lowest BCUT2D eigenvalue weighted by molar-refractivity contribution is 0.607. The average molecular weight is 198 g/mol. The Morgan fingerprint density at radius 1 is 1.55 bits per heavy atom. The minimum absolute atomic E-state index is 0.00463. The van der Waals surface area contributed by atoms with Gasteiger partial charge in [-0.1, -0.05) is 0 Å². The summed E-state index contributed by atoms with van der Waals surface area (Å²) in [5.41, 5.74) is -0.555. The summed E-state index contributed by atoms with van der Waals surface area (Å²) in [4.78, 5) is 12.5. The summed E-state index contributed by atoms with van der Waals surface area (Å²) in [6.45, 7) is 0. The highest BCUT2D eigenvalue weighted by Gasteiger charge is 2.09. The van der Waals surface area contributed by atoms with Crippen LogP contribution in [-0.2, 0) is 14.8 Å². The molecule has 6 nitrogen and oxygen atoms in total. The number of aromatic nitrogens is 3. The van der Waals surface area contributed by atoms with Crippen molar-refractivity contribution < 1.29 is 8.42 Å². The highest BCUT2D eigenvalue weighted by atomic mass is 35.7. The van der Waals surface area contributed by atoms with Crippen LogP contribution in [0.2, 0.25) is 0 Å². The zero-order valence-electron chi connectivity index (χ0n) is 5.17. The zero-order valence-corrected chi connectivity index (χ0v) is 6.74. The molecule has 0 unspecified atom stereocenters. The lowest BCUT2D eigenvalue weighted by atomic mass is 10.7. The van der Waals surface area contributed by atoms with E-state index in [4.69, 9.17) is 10.7 Å². The summed E-state index contributed by atoms with van der Waals surface area (Å²) in [6.07, 6.45) is 0. The normalized spacial score (nSPS) is 11.7. The summed E-state index contributed by atoms with van der Waals surface area (Å²) in [7, 11) is 1.23. The Morgan fingerprint density at radius 3 is 2.55 bits per heavy atom. The van der Waals surface area contributed by atoms with Crippen LogP contribution < -0.4 is 5.69 Å². The molecule has 62 valence electrons. The van der Waals surface area contributed by atoms with Crippen LogP contribution in [0.3, 0.4) is 0 Å². The van der Waals surface area contributed by atoms with Crippen molar-refractivity contribution in [2.45, 2.75) is 5.75 Å². The van der Waals surface area contributed by atoms with Crippen LogP contribution in [-0.4, -0.2) is 23.6 Å². The molecule has 0 aliphatic carbocycles.